The SMILES string of the molecule is COc1ccc(OCCNC(=O)CN(C(C)=O)c2ccccc2OC)cc1. The minimum absolute atomic E-state index is 0.0990. The van der Waals surface area contributed by atoms with Crippen LogP contribution in [0.25, 0.3) is 0 Å². The van der Waals surface area contributed by atoms with Gasteiger partial charge in [0.15, 0.2) is 0 Å². The van der Waals surface area contributed by atoms with Gasteiger partial charge in [-0.05, 0) is 36.4 Å². The monoisotopic (exact) mass is 372 g/mol. The standard InChI is InChI=1S/C20H24N2O5/c1-15(23)22(18-6-4-5-7-19(18)26-3)14-20(24)21-12-13-27-17-10-8-16(25-2)9-11-17/h4-11H,12-14H2,1-3H3,(H,21,24). The Balaban J connectivity index is 1.84. The highest BCUT2D eigenvalue weighted by Crippen LogP contribution is 2.27. The molecule has 0 aliphatic rings. The molecule has 7 nitrogen and oxygen atoms in total. The molecule has 0 bridgehead atoms. The van der Waals surface area contributed by atoms with E-state index in [0.29, 0.717) is 30.3 Å². The molecule has 0 saturated heterocycles. The van der Waals surface area contributed by atoms with E-state index < -0.39 is 0 Å². The Labute approximate surface area is 158 Å². The van der Waals surface area contributed by atoms with Crippen LogP contribution >= 0.6 is 0 Å². The van der Waals surface area contributed by atoms with Gasteiger partial charge in [-0.15, -0.1) is 0 Å². The van der Waals surface area contributed by atoms with Gasteiger partial charge in [0, 0.05) is 6.92 Å². The lowest BCUT2D eigenvalue weighted by Crippen LogP contribution is -2.41. The third-order valence-electron chi connectivity index (χ3n) is 3.81. The predicted molar refractivity (Wildman–Crippen MR) is 103 cm³/mol. The van der Waals surface area contributed by atoms with E-state index in [1.165, 1.54) is 18.9 Å². The van der Waals surface area contributed by atoms with Gasteiger partial charge in [-0.3, -0.25) is 14.5 Å². The van der Waals surface area contributed by atoms with Crippen molar-refractivity contribution in [1.82, 2.24) is 5.32 Å². The van der Waals surface area contributed by atoms with Gasteiger partial charge in [-0.25, -0.2) is 0 Å². The molecule has 0 unspecified atom stereocenters. The normalized spacial score (nSPS) is 10.0. The summed E-state index contributed by atoms with van der Waals surface area (Å²) in [5.74, 6) is 1.43. The lowest BCUT2D eigenvalue weighted by molar-refractivity contribution is -0.123. The first-order valence-electron chi connectivity index (χ1n) is 8.50. The smallest absolute Gasteiger partial charge is 0.240 e. The number of carbonyl (C=O) groups is 2. The summed E-state index contributed by atoms with van der Waals surface area (Å²) in [6.07, 6.45) is 0. The van der Waals surface area contributed by atoms with Gasteiger partial charge >= 0.3 is 0 Å². The van der Waals surface area contributed by atoms with Gasteiger partial charge in [0.05, 0.1) is 26.5 Å². The predicted octanol–water partition coefficient (Wildman–Crippen LogP) is 2.25. The number of para-hydroxylation sites is 2. The summed E-state index contributed by atoms with van der Waals surface area (Å²) < 4.78 is 15.9. The van der Waals surface area contributed by atoms with Crippen molar-refractivity contribution in [3.05, 3.63) is 48.5 Å². The molecule has 7 heteroatoms. The molecule has 0 saturated carbocycles. The van der Waals surface area contributed by atoms with E-state index in [0.717, 1.165) is 5.75 Å². The lowest BCUT2D eigenvalue weighted by atomic mass is 10.2. The number of ether oxygens (including phenoxy) is 3. The van der Waals surface area contributed by atoms with E-state index in [2.05, 4.69) is 5.32 Å². The molecule has 144 valence electrons. The molecule has 2 aromatic carbocycles. The fourth-order valence-electron chi connectivity index (χ4n) is 2.45. The van der Waals surface area contributed by atoms with Crippen molar-refractivity contribution in [2.24, 2.45) is 0 Å². The van der Waals surface area contributed by atoms with Crippen LogP contribution < -0.4 is 24.4 Å². The summed E-state index contributed by atoms with van der Waals surface area (Å²) in [5.41, 5.74) is 0.553. The molecular weight excluding hydrogens is 348 g/mol. The van der Waals surface area contributed by atoms with E-state index in [4.69, 9.17) is 14.2 Å². The molecule has 2 rings (SSSR count). The highest BCUT2D eigenvalue weighted by atomic mass is 16.5. The van der Waals surface area contributed by atoms with Crippen molar-refractivity contribution >= 4 is 17.5 Å². The third kappa shape index (κ3) is 5.91. The minimum atomic E-state index is -0.283. The van der Waals surface area contributed by atoms with Crippen LogP contribution in [-0.4, -0.2) is 45.7 Å². The maximum absolute atomic E-state index is 12.2. The Bertz CT molecular complexity index is 761. The van der Waals surface area contributed by atoms with Crippen molar-refractivity contribution < 1.29 is 23.8 Å². The summed E-state index contributed by atoms with van der Waals surface area (Å²) in [4.78, 5) is 25.6. The van der Waals surface area contributed by atoms with Gasteiger partial charge in [0.2, 0.25) is 11.8 Å². The fourth-order valence-corrected chi connectivity index (χ4v) is 2.45. The molecule has 0 fully saturated rings. The molecule has 0 aliphatic carbocycles. The van der Waals surface area contributed by atoms with Crippen molar-refractivity contribution in [2.45, 2.75) is 6.92 Å². The van der Waals surface area contributed by atoms with Crippen LogP contribution in [0, 0.1) is 0 Å². The Morgan fingerprint density at radius 2 is 1.63 bits per heavy atom. The van der Waals surface area contributed by atoms with Crippen LogP contribution in [0.15, 0.2) is 48.5 Å². The van der Waals surface area contributed by atoms with Gasteiger partial charge in [0.25, 0.3) is 0 Å². The summed E-state index contributed by atoms with van der Waals surface area (Å²) >= 11 is 0. The number of nitrogens with zero attached hydrogens (tertiary/aromatic N) is 1. The highest BCUT2D eigenvalue weighted by Gasteiger charge is 2.18. The zero-order valence-corrected chi connectivity index (χ0v) is 15.7. The van der Waals surface area contributed by atoms with Crippen LogP contribution in [0.5, 0.6) is 17.2 Å². The average molecular weight is 372 g/mol. The van der Waals surface area contributed by atoms with Crippen LogP contribution in [0.2, 0.25) is 0 Å². The van der Waals surface area contributed by atoms with Crippen LogP contribution in [-0.2, 0) is 9.59 Å². The molecule has 0 spiro atoms. The number of anilines is 1. The number of rotatable bonds is 9. The van der Waals surface area contributed by atoms with Crippen LogP contribution in [0.3, 0.4) is 0 Å². The van der Waals surface area contributed by atoms with Crippen molar-refractivity contribution in [3.63, 3.8) is 0 Å². The van der Waals surface area contributed by atoms with Crippen molar-refractivity contribution in [2.75, 3.05) is 38.8 Å². The number of benzene rings is 2. The lowest BCUT2D eigenvalue weighted by Gasteiger charge is -2.22. The highest BCUT2D eigenvalue weighted by molar-refractivity contribution is 5.98. The zero-order chi connectivity index (χ0) is 19.6. The molecule has 0 aromatic heterocycles. The van der Waals surface area contributed by atoms with Crippen LogP contribution in [0.1, 0.15) is 6.92 Å². The third-order valence-corrected chi connectivity index (χ3v) is 3.81. The molecule has 2 amide bonds. The first-order valence-corrected chi connectivity index (χ1v) is 8.50. The Morgan fingerprint density at radius 3 is 2.26 bits per heavy atom. The second kappa shape index (κ2) is 10.1. The number of hydrogen-bond donors (Lipinski definition) is 1. The van der Waals surface area contributed by atoms with Gasteiger partial charge in [0.1, 0.15) is 30.4 Å². The number of amides is 2. The van der Waals surface area contributed by atoms with Gasteiger partial charge < -0.3 is 19.5 Å². The van der Waals surface area contributed by atoms with Crippen LogP contribution in [0.4, 0.5) is 5.69 Å². The molecule has 27 heavy (non-hydrogen) atoms. The average Bonchev–Trinajstić information content (AvgIpc) is 2.69. The minimum Gasteiger partial charge on any atom is -0.497 e. The molecule has 0 aliphatic heterocycles. The quantitative estimate of drug-likeness (QED) is 0.683. The topological polar surface area (TPSA) is 77.1 Å². The van der Waals surface area contributed by atoms with E-state index in [1.54, 1.807) is 55.6 Å². The van der Waals surface area contributed by atoms with E-state index in [-0.39, 0.29) is 18.4 Å². The fraction of sp³-hybridized carbons (Fsp3) is 0.300. The summed E-state index contributed by atoms with van der Waals surface area (Å²) in [7, 11) is 3.12. The maximum atomic E-state index is 12.2. The van der Waals surface area contributed by atoms with E-state index >= 15 is 0 Å². The molecule has 0 atom stereocenters. The maximum Gasteiger partial charge on any atom is 0.240 e. The van der Waals surface area contributed by atoms with Crippen molar-refractivity contribution in [3.8, 4) is 17.2 Å². The van der Waals surface area contributed by atoms with Gasteiger partial charge in [-0.2, -0.15) is 0 Å². The second-order valence-electron chi connectivity index (χ2n) is 5.65. The molecule has 0 heterocycles. The van der Waals surface area contributed by atoms with Crippen molar-refractivity contribution in [1.29, 1.82) is 0 Å². The summed E-state index contributed by atoms with van der Waals surface area (Å²) in [6.45, 7) is 1.94. The first-order chi connectivity index (χ1) is 13.0. The Morgan fingerprint density at radius 1 is 0.963 bits per heavy atom. The van der Waals surface area contributed by atoms with E-state index in [1.807, 2.05) is 0 Å². The Hall–Kier alpha value is -3.22. The number of methoxy groups -OCH3 is 2. The summed E-state index contributed by atoms with van der Waals surface area (Å²) in [6, 6.07) is 14.2. The first kappa shape index (κ1) is 20.1. The largest absolute Gasteiger partial charge is 0.497 e. The zero-order valence-electron chi connectivity index (χ0n) is 15.7. The number of carbonyl (C=O) groups excluding carboxylic acids is 2. The number of nitrogens with one attached hydrogen (secondary N) is 1. The molecular formula is C20H24N2O5. The molecule has 0 radical (unpaired) electrons. The second-order valence-corrected chi connectivity index (χ2v) is 5.65. The van der Waals surface area contributed by atoms with Gasteiger partial charge in [-0.1, -0.05) is 12.1 Å². The Kier molecular flexibility index (Phi) is 7.49. The molecule has 2 aromatic rings. The molecule has 1 N–H and O–H groups in total. The number of hydrogen-bond acceptors (Lipinski definition) is 5. The van der Waals surface area contributed by atoms with E-state index in [9.17, 15) is 9.59 Å². The summed E-state index contributed by atoms with van der Waals surface area (Å²) in [5, 5.41) is 2.74.